The first-order chi connectivity index (χ1) is 9.94. The molecule has 1 unspecified atom stereocenters. The molecule has 1 aromatic heterocycles. The SMILES string of the molecule is Cc1c(CN)cccc1S(=O)(=O)NC(C)Cc1ccco1. The second-order valence-corrected chi connectivity index (χ2v) is 6.73. The molecule has 1 aromatic carbocycles. The zero-order chi connectivity index (χ0) is 15.5. The molecule has 6 heteroatoms. The van der Waals surface area contributed by atoms with Crippen LogP contribution < -0.4 is 10.5 Å². The summed E-state index contributed by atoms with van der Waals surface area (Å²) in [6.45, 7) is 3.90. The molecule has 0 bridgehead atoms. The van der Waals surface area contributed by atoms with Gasteiger partial charge in [-0.25, -0.2) is 13.1 Å². The molecule has 3 N–H and O–H groups in total. The molecule has 1 atom stereocenters. The van der Waals surface area contributed by atoms with Gasteiger partial charge in [-0.15, -0.1) is 0 Å². The molecule has 0 aliphatic rings. The van der Waals surface area contributed by atoms with Gasteiger partial charge in [0.2, 0.25) is 10.0 Å². The van der Waals surface area contributed by atoms with Crippen molar-refractivity contribution in [3.05, 3.63) is 53.5 Å². The van der Waals surface area contributed by atoms with E-state index in [1.807, 2.05) is 19.1 Å². The van der Waals surface area contributed by atoms with E-state index in [9.17, 15) is 8.42 Å². The number of rotatable bonds is 6. The minimum Gasteiger partial charge on any atom is -0.469 e. The van der Waals surface area contributed by atoms with Crippen LogP contribution in [0.25, 0.3) is 0 Å². The number of nitrogens with one attached hydrogen (secondary N) is 1. The molecule has 0 amide bonds. The summed E-state index contributed by atoms with van der Waals surface area (Å²) in [6.07, 6.45) is 2.08. The molecule has 0 saturated heterocycles. The van der Waals surface area contributed by atoms with Crippen molar-refractivity contribution in [3.8, 4) is 0 Å². The number of furan rings is 1. The first-order valence-corrected chi connectivity index (χ1v) is 8.25. The van der Waals surface area contributed by atoms with Crippen molar-refractivity contribution in [1.29, 1.82) is 0 Å². The second kappa shape index (κ2) is 6.43. The maximum atomic E-state index is 12.5. The van der Waals surface area contributed by atoms with Crippen molar-refractivity contribution in [2.45, 2.75) is 37.8 Å². The Labute approximate surface area is 125 Å². The Hall–Kier alpha value is -1.63. The van der Waals surface area contributed by atoms with Gasteiger partial charge in [-0.2, -0.15) is 0 Å². The molecule has 2 rings (SSSR count). The maximum Gasteiger partial charge on any atom is 0.241 e. The molecule has 0 aliphatic carbocycles. The number of hydrogen-bond donors (Lipinski definition) is 2. The van der Waals surface area contributed by atoms with E-state index in [-0.39, 0.29) is 10.9 Å². The summed E-state index contributed by atoms with van der Waals surface area (Å²) in [4.78, 5) is 0.275. The van der Waals surface area contributed by atoms with Crippen molar-refractivity contribution >= 4 is 10.0 Å². The normalized spacial score (nSPS) is 13.3. The molecule has 0 radical (unpaired) electrons. The lowest BCUT2D eigenvalue weighted by Gasteiger charge is -2.15. The van der Waals surface area contributed by atoms with E-state index in [4.69, 9.17) is 10.2 Å². The van der Waals surface area contributed by atoms with Crippen LogP contribution in [0.4, 0.5) is 0 Å². The zero-order valence-electron chi connectivity index (χ0n) is 12.2. The van der Waals surface area contributed by atoms with Gasteiger partial charge in [0, 0.05) is 19.0 Å². The van der Waals surface area contributed by atoms with Gasteiger partial charge in [-0.05, 0) is 43.2 Å². The average Bonchev–Trinajstić information content (AvgIpc) is 2.90. The summed E-state index contributed by atoms with van der Waals surface area (Å²) in [5, 5.41) is 0. The number of hydrogen-bond acceptors (Lipinski definition) is 4. The molecule has 1 heterocycles. The molecule has 21 heavy (non-hydrogen) atoms. The zero-order valence-corrected chi connectivity index (χ0v) is 13.0. The van der Waals surface area contributed by atoms with Crippen LogP contribution in [0.2, 0.25) is 0 Å². The topological polar surface area (TPSA) is 85.3 Å². The van der Waals surface area contributed by atoms with E-state index < -0.39 is 10.0 Å². The van der Waals surface area contributed by atoms with Gasteiger partial charge in [0.05, 0.1) is 11.2 Å². The Kier molecular flexibility index (Phi) is 4.82. The predicted molar refractivity (Wildman–Crippen MR) is 81.3 cm³/mol. The van der Waals surface area contributed by atoms with Crippen molar-refractivity contribution < 1.29 is 12.8 Å². The first kappa shape index (κ1) is 15.8. The minimum atomic E-state index is -3.57. The van der Waals surface area contributed by atoms with Crippen LogP contribution in [0.3, 0.4) is 0 Å². The lowest BCUT2D eigenvalue weighted by Crippen LogP contribution is -2.34. The fraction of sp³-hybridized carbons (Fsp3) is 0.333. The quantitative estimate of drug-likeness (QED) is 0.854. The molecule has 2 aromatic rings. The predicted octanol–water partition coefficient (Wildman–Crippen LogP) is 1.96. The molecule has 0 fully saturated rings. The molecule has 5 nitrogen and oxygen atoms in total. The third-order valence-electron chi connectivity index (χ3n) is 3.35. The third kappa shape index (κ3) is 3.72. The van der Waals surface area contributed by atoms with Crippen molar-refractivity contribution in [1.82, 2.24) is 4.72 Å². The van der Waals surface area contributed by atoms with E-state index >= 15 is 0 Å². The third-order valence-corrected chi connectivity index (χ3v) is 5.08. The van der Waals surface area contributed by atoms with Crippen molar-refractivity contribution in [2.75, 3.05) is 0 Å². The summed E-state index contributed by atoms with van der Waals surface area (Å²) in [5.74, 6) is 0.748. The molecular formula is C15H20N2O3S. The van der Waals surface area contributed by atoms with Gasteiger partial charge < -0.3 is 10.2 Å². The van der Waals surface area contributed by atoms with Crippen LogP contribution in [0, 0.1) is 6.92 Å². The van der Waals surface area contributed by atoms with Crippen LogP contribution >= 0.6 is 0 Å². The van der Waals surface area contributed by atoms with E-state index in [0.29, 0.717) is 18.5 Å². The molecule has 0 spiro atoms. The molecular weight excluding hydrogens is 288 g/mol. The Morgan fingerprint density at radius 3 is 2.67 bits per heavy atom. The highest BCUT2D eigenvalue weighted by atomic mass is 32.2. The van der Waals surface area contributed by atoms with Gasteiger partial charge in [-0.1, -0.05) is 12.1 Å². The van der Waals surface area contributed by atoms with Crippen LogP contribution in [0.15, 0.2) is 45.9 Å². The van der Waals surface area contributed by atoms with Crippen molar-refractivity contribution in [2.24, 2.45) is 5.73 Å². The van der Waals surface area contributed by atoms with E-state index in [0.717, 1.165) is 11.3 Å². The average molecular weight is 308 g/mol. The highest BCUT2D eigenvalue weighted by Gasteiger charge is 2.21. The van der Waals surface area contributed by atoms with E-state index in [2.05, 4.69) is 4.72 Å². The smallest absolute Gasteiger partial charge is 0.241 e. The van der Waals surface area contributed by atoms with Gasteiger partial charge >= 0.3 is 0 Å². The Balaban J connectivity index is 2.18. The Morgan fingerprint density at radius 1 is 1.29 bits per heavy atom. The number of benzene rings is 1. The summed E-state index contributed by atoms with van der Waals surface area (Å²) in [7, 11) is -3.57. The standard InChI is InChI=1S/C15H20N2O3S/c1-11(9-14-6-4-8-20-14)17-21(18,19)15-7-3-5-13(10-16)12(15)2/h3-8,11,17H,9-10,16H2,1-2H3. The number of sulfonamides is 1. The largest absolute Gasteiger partial charge is 0.469 e. The summed E-state index contributed by atoms with van der Waals surface area (Å²) in [5.41, 5.74) is 7.15. The van der Waals surface area contributed by atoms with E-state index in [1.165, 1.54) is 0 Å². The molecule has 114 valence electrons. The first-order valence-electron chi connectivity index (χ1n) is 6.77. The summed E-state index contributed by atoms with van der Waals surface area (Å²) < 4.78 is 32.9. The lowest BCUT2D eigenvalue weighted by molar-refractivity contribution is 0.479. The molecule has 0 aliphatic heterocycles. The summed E-state index contributed by atoms with van der Waals surface area (Å²) >= 11 is 0. The second-order valence-electron chi connectivity index (χ2n) is 5.05. The van der Waals surface area contributed by atoms with Crippen LogP contribution in [0.5, 0.6) is 0 Å². The van der Waals surface area contributed by atoms with E-state index in [1.54, 1.807) is 31.4 Å². The fourth-order valence-electron chi connectivity index (χ4n) is 2.27. The monoisotopic (exact) mass is 308 g/mol. The fourth-order valence-corrected chi connectivity index (χ4v) is 3.80. The lowest BCUT2D eigenvalue weighted by atomic mass is 10.1. The minimum absolute atomic E-state index is 0.262. The van der Waals surface area contributed by atoms with Crippen LogP contribution in [-0.4, -0.2) is 14.5 Å². The summed E-state index contributed by atoms with van der Waals surface area (Å²) in [6, 6.07) is 8.48. The highest BCUT2D eigenvalue weighted by molar-refractivity contribution is 7.89. The maximum absolute atomic E-state index is 12.5. The van der Waals surface area contributed by atoms with Gasteiger partial charge in [-0.3, -0.25) is 0 Å². The Morgan fingerprint density at radius 2 is 2.05 bits per heavy atom. The molecule has 0 saturated carbocycles. The van der Waals surface area contributed by atoms with Gasteiger partial charge in [0.25, 0.3) is 0 Å². The Bertz CT molecular complexity index is 694. The van der Waals surface area contributed by atoms with Crippen LogP contribution in [0.1, 0.15) is 23.8 Å². The van der Waals surface area contributed by atoms with Gasteiger partial charge in [0.15, 0.2) is 0 Å². The van der Waals surface area contributed by atoms with Crippen molar-refractivity contribution in [3.63, 3.8) is 0 Å². The van der Waals surface area contributed by atoms with Gasteiger partial charge in [0.1, 0.15) is 5.76 Å². The number of nitrogens with two attached hydrogens (primary N) is 1. The van der Waals surface area contributed by atoms with Crippen LogP contribution in [-0.2, 0) is 23.0 Å². The highest BCUT2D eigenvalue weighted by Crippen LogP contribution is 2.19.